The molecule has 6 heteroatoms. The van der Waals surface area contributed by atoms with Gasteiger partial charge in [0.05, 0.1) is 16.7 Å². The van der Waals surface area contributed by atoms with Gasteiger partial charge in [0.15, 0.2) is 0 Å². The van der Waals surface area contributed by atoms with Gasteiger partial charge in [0, 0.05) is 18.0 Å². The molecule has 2 heterocycles. The normalized spacial score (nSPS) is 11.8. The van der Waals surface area contributed by atoms with Gasteiger partial charge in [-0.2, -0.15) is 0 Å². The second-order valence-electron chi connectivity index (χ2n) is 6.22. The molecular weight excluding hydrogens is 328 g/mol. The zero-order valence-electron chi connectivity index (χ0n) is 14.7. The van der Waals surface area contributed by atoms with Crippen molar-refractivity contribution in [3.63, 3.8) is 0 Å². The summed E-state index contributed by atoms with van der Waals surface area (Å²) in [4.78, 5) is 19.7. The van der Waals surface area contributed by atoms with Crippen LogP contribution in [0.1, 0.15) is 28.4 Å². The molecule has 0 saturated carbocycles. The van der Waals surface area contributed by atoms with Crippen molar-refractivity contribution in [1.29, 1.82) is 0 Å². The van der Waals surface area contributed by atoms with Gasteiger partial charge in [-0.15, -0.1) is 0 Å². The second kappa shape index (κ2) is 7.74. The third-order valence-corrected chi connectivity index (χ3v) is 4.22. The van der Waals surface area contributed by atoms with Crippen molar-refractivity contribution >= 4 is 11.5 Å². The predicted molar refractivity (Wildman–Crippen MR) is 101 cm³/mol. The lowest BCUT2D eigenvalue weighted by molar-refractivity contribution is -0.384. The first-order chi connectivity index (χ1) is 12.5. The van der Waals surface area contributed by atoms with E-state index in [0.29, 0.717) is 12.0 Å². The van der Waals surface area contributed by atoms with Crippen LogP contribution in [-0.4, -0.2) is 14.9 Å². The lowest BCUT2D eigenvalue weighted by Gasteiger charge is -2.19. The number of hydrogen-bond donors (Lipinski definition) is 1. The van der Waals surface area contributed by atoms with Gasteiger partial charge < -0.3 is 5.32 Å². The summed E-state index contributed by atoms with van der Waals surface area (Å²) >= 11 is 0. The van der Waals surface area contributed by atoms with E-state index in [1.807, 2.05) is 25.1 Å². The molecular formula is C20H20N4O2. The number of nitro groups is 1. The standard InChI is InChI=1S/C20H20N4O2/c1-14-6-8-16(9-7-14)13-18(17-5-3-4-11-21-17)23-20-19(24(25)26)15(2)10-12-22-20/h3-12,18H,13H2,1-2H3,(H,22,23). The SMILES string of the molecule is Cc1ccc(CC(Nc2nccc(C)c2[N+](=O)[O-])c2ccccn2)cc1. The summed E-state index contributed by atoms with van der Waals surface area (Å²) < 4.78 is 0. The lowest BCUT2D eigenvalue weighted by atomic mass is 10.0. The molecule has 26 heavy (non-hydrogen) atoms. The molecule has 1 unspecified atom stereocenters. The number of nitrogens with zero attached hydrogens (tertiary/aromatic N) is 3. The smallest absolute Gasteiger partial charge is 0.314 e. The minimum Gasteiger partial charge on any atom is -0.356 e. The van der Waals surface area contributed by atoms with Gasteiger partial charge in [-0.3, -0.25) is 15.1 Å². The molecule has 1 N–H and O–H groups in total. The Morgan fingerprint density at radius 1 is 1.04 bits per heavy atom. The Bertz CT molecular complexity index is 895. The van der Waals surface area contributed by atoms with Crippen molar-refractivity contribution in [2.45, 2.75) is 26.3 Å². The van der Waals surface area contributed by atoms with Crippen molar-refractivity contribution in [2.24, 2.45) is 0 Å². The molecule has 0 aliphatic rings. The minimum absolute atomic E-state index is 0.00247. The molecule has 1 aromatic carbocycles. The molecule has 6 nitrogen and oxygen atoms in total. The highest BCUT2D eigenvalue weighted by atomic mass is 16.6. The molecule has 0 aliphatic heterocycles. The first-order valence-corrected chi connectivity index (χ1v) is 8.37. The van der Waals surface area contributed by atoms with Gasteiger partial charge in [0.1, 0.15) is 0 Å². The highest BCUT2D eigenvalue weighted by Gasteiger charge is 2.22. The molecule has 0 amide bonds. The summed E-state index contributed by atoms with van der Waals surface area (Å²) in [6, 6.07) is 15.3. The van der Waals surface area contributed by atoms with Crippen LogP contribution in [0.4, 0.5) is 11.5 Å². The Kier molecular flexibility index (Phi) is 5.22. The van der Waals surface area contributed by atoms with Crippen molar-refractivity contribution in [2.75, 3.05) is 5.32 Å². The summed E-state index contributed by atoms with van der Waals surface area (Å²) in [6.45, 7) is 3.75. The highest BCUT2D eigenvalue weighted by molar-refractivity contribution is 5.60. The number of nitrogens with one attached hydrogen (secondary N) is 1. The summed E-state index contributed by atoms with van der Waals surface area (Å²) in [5, 5.41) is 14.7. The number of rotatable bonds is 6. The fourth-order valence-corrected chi connectivity index (χ4v) is 2.82. The van der Waals surface area contributed by atoms with E-state index in [-0.39, 0.29) is 17.5 Å². The summed E-state index contributed by atoms with van der Waals surface area (Å²) in [6.07, 6.45) is 3.94. The van der Waals surface area contributed by atoms with Gasteiger partial charge in [0.2, 0.25) is 5.82 Å². The molecule has 0 spiro atoms. The van der Waals surface area contributed by atoms with Crippen LogP contribution in [0.25, 0.3) is 0 Å². The van der Waals surface area contributed by atoms with Crippen molar-refractivity contribution < 1.29 is 4.92 Å². The molecule has 0 radical (unpaired) electrons. The number of benzene rings is 1. The van der Waals surface area contributed by atoms with E-state index in [4.69, 9.17) is 0 Å². The third kappa shape index (κ3) is 4.03. The fraction of sp³-hybridized carbons (Fsp3) is 0.200. The second-order valence-corrected chi connectivity index (χ2v) is 6.22. The molecule has 0 fully saturated rings. The molecule has 132 valence electrons. The molecule has 1 atom stereocenters. The fourth-order valence-electron chi connectivity index (χ4n) is 2.82. The van der Waals surface area contributed by atoms with Gasteiger partial charge in [-0.05, 0) is 44.0 Å². The number of hydrogen-bond acceptors (Lipinski definition) is 5. The van der Waals surface area contributed by atoms with Gasteiger partial charge in [0.25, 0.3) is 0 Å². The van der Waals surface area contributed by atoms with Crippen LogP contribution in [-0.2, 0) is 6.42 Å². The van der Waals surface area contributed by atoms with E-state index in [1.165, 1.54) is 5.56 Å². The number of aryl methyl sites for hydroxylation is 2. The molecule has 3 rings (SSSR count). The van der Waals surface area contributed by atoms with Crippen LogP contribution in [0.2, 0.25) is 0 Å². The largest absolute Gasteiger partial charge is 0.356 e. The average Bonchev–Trinajstić information content (AvgIpc) is 2.63. The maximum atomic E-state index is 11.5. The van der Waals surface area contributed by atoms with Crippen molar-refractivity contribution in [1.82, 2.24) is 9.97 Å². The third-order valence-electron chi connectivity index (χ3n) is 4.22. The van der Waals surface area contributed by atoms with E-state index < -0.39 is 4.92 Å². The van der Waals surface area contributed by atoms with Crippen LogP contribution in [0.15, 0.2) is 60.9 Å². The van der Waals surface area contributed by atoms with Gasteiger partial charge >= 0.3 is 5.69 Å². The van der Waals surface area contributed by atoms with E-state index in [2.05, 4.69) is 39.6 Å². The topological polar surface area (TPSA) is 81.0 Å². The zero-order chi connectivity index (χ0) is 18.5. The Morgan fingerprint density at radius 3 is 2.46 bits per heavy atom. The van der Waals surface area contributed by atoms with Crippen LogP contribution in [0.5, 0.6) is 0 Å². The minimum atomic E-state index is -0.397. The summed E-state index contributed by atoms with van der Waals surface area (Å²) in [7, 11) is 0. The Balaban J connectivity index is 1.96. The van der Waals surface area contributed by atoms with Crippen LogP contribution in [0.3, 0.4) is 0 Å². The van der Waals surface area contributed by atoms with E-state index in [1.54, 1.807) is 25.4 Å². The van der Waals surface area contributed by atoms with Crippen LogP contribution >= 0.6 is 0 Å². The van der Waals surface area contributed by atoms with E-state index in [9.17, 15) is 10.1 Å². The number of anilines is 1. The Hall–Kier alpha value is -3.28. The summed E-state index contributed by atoms with van der Waals surface area (Å²) in [5.41, 5.74) is 3.69. The van der Waals surface area contributed by atoms with Crippen LogP contribution < -0.4 is 5.32 Å². The first-order valence-electron chi connectivity index (χ1n) is 8.37. The maximum Gasteiger partial charge on any atom is 0.314 e. The molecule has 2 aromatic heterocycles. The van der Waals surface area contributed by atoms with Crippen LogP contribution in [0, 0.1) is 24.0 Å². The molecule has 0 saturated heterocycles. The van der Waals surface area contributed by atoms with Gasteiger partial charge in [-0.1, -0.05) is 35.9 Å². The highest BCUT2D eigenvalue weighted by Crippen LogP contribution is 2.30. The molecule has 3 aromatic rings. The lowest BCUT2D eigenvalue weighted by Crippen LogP contribution is -2.17. The Labute approximate surface area is 152 Å². The predicted octanol–water partition coefficient (Wildman–Crippen LogP) is 4.40. The average molecular weight is 348 g/mol. The Morgan fingerprint density at radius 2 is 1.81 bits per heavy atom. The monoisotopic (exact) mass is 348 g/mol. The van der Waals surface area contributed by atoms with Gasteiger partial charge in [-0.25, -0.2) is 4.98 Å². The number of aromatic nitrogens is 2. The summed E-state index contributed by atoms with van der Waals surface area (Å²) in [5.74, 6) is 0.262. The molecule has 0 bridgehead atoms. The van der Waals surface area contributed by atoms with E-state index in [0.717, 1.165) is 11.3 Å². The molecule has 0 aliphatic carbocycles. The quantitative estimate of drug-likeness (QED) is 0.527. The van der Waals surface area contributed by atoms with Crippen molar-refractivity contribution in [3.8, 4) is 0 Å². The maximum absolute atomic E-state index is 11.5. The first kappa shape index (κ1) is 17.5. The van der Waals surface area contributed by atoms with E-state index >= 15 is 0 Å². The van der Waals surface area contributed by atoms with Crippen molar-refractivity contribution in [3.05, 3.63) is 93.4 Å². The zero-order valence-corrected chi connectivity index (χ0v) is 14.7. The number of pyridine rings is 2.